The van der Waals surface area contributed by atoms with Crippen LogP contribution in [0.15, 0.2) is 0 Å². The maximum Gasteiger partial charge on any atom is 0.311 e. The van der Waals surface area contributed by atoms with Gasteiger partial charge in [-0.15, -0.1) is 0 Å². The van der Waals surface area contributed by atoms with Gasteiger partial charge in [-0.05, 0) is 25.7 Å². The minimum Gasteiger partial charge on any atom is -0.481 e. The van der Waals surface area contributed by atoms with E-state index in [9.17, 15) is 23.1 Å². The van der Waals surface area contributed by atoms with Crippen LogP contribution in [-0.4, -0.2) is 54.9 Å². The van der Waals surface area contributed by atoms with Crippen LogP contribution in [0.1, 0.15) is 39.0 Å². The predicted molar refractivity (Wildman–Crippen MR) is 77.6 cm³/mol. The zero-order valence-electron chi connectivity index (χ0n) is 12.4. The van der Waals surface area contributed by atoms with E-state index in [4.69, 9.17) is 0 Å². The van der Waals surface area contributed by atoms with Crippen LogP contribution < -0.4 is 0 Å². The third kappa shape index (κ3) is 3.39. The highest BCUT2D eigenvalue weighted by atomic mass is 32.2. The Morgan fingerprint density at radius 2 is 2.10 bits per heavy atom. The molecule has 2 rings (SSSR count). The highest BCUT2D eigenvalue weighted by Crippen LogP contribution is 2.36. The van der Waals surface area contributed by atoms with Crippen LogP contribution in [0.25, 0.3) is 0 Å². The molecule has 2 aliphatic rings. The zero-order valence-corrected chi connectivity index (χ0v) is 13.2. The molecule has 0 aromatic heterocycles. The van der Waals surface area contributed by atoms with E-state index in [1.165, 1.54) is 0 Å². The summed E-state index contributed by atoms with van der Waals surface area (Å²) < 4.78 is 23.0. The van der Waals surface area contributed by atoms with E-state index in [1.807, 2.05) is 6.92 Å². The summed E-state index contributed by atoms with van der Waals surface area (Å²) in [6, 6.07) is 0. The molecule has 2 aliphatic heterocycles. The first-order valence-corrected chi connectivity index (χ1v) is 9.34. The largest absolute Gasteiger partial charge is 0.481 e. The van der Waals surface area contributed by atoms with Gasteiger partial charge in [0.1, 0.15) is 0 Å². The number of hydrogen-bond acceptors (Lipinski definition) is 4. The molecule has 0 aromatic rings. The number of amides is 1. The summed E-state index contributed by atoms with van der Waals surface area (Å²) in [6.45, 7) is 2.69. The molecule has 0 radical (unpaired) electrons. The quantitative estimate of drug-likeness (QED) is 0.832. The van der Waals surface area contributed by atoms with Gasteiger partial charge in [0, 0.05) is 13.1 Å². The Bertz CT molecular complexity index is 525. The first-order chi connectivity index (χ1) is 9.80. The summed E-state index contributed by atoms with van der Waals surface area (Å²) in [4.78, 5) is 25.7. The number of carboxylic acid groups (broad SMARTS) is 1. The molecule has 2 saturated heterocycles. The average molecular weight is 317 g/mol. The molecule has 1 N–H and O–H groups in total. The number of carbonyl (C=O) groups excluding carboxylic acids is 1. The summed E-state index contributed by atoms with van der Waals surface area (Å²) in [5.74, 6) is -1.54. The molecule has 2 unspecified atom stereocenters. The van der Waals surface area contributed by atoms with Gasteiger partial charge in [-0.2, -0.15) is 0 Å². The Morgan fingerprint density at radius 1 is 1.38 bits per heavy atom. The minimum atomic E-state index is -3.10. The number of likely N-dealkylation sites (tertiary alicyclic amines) is 1. The Kier molecular flexibility index (Phi) is 4.60. The predicted octanol–water partition coefficient (Wildman–Crippen LogP) is 0.915. The van der Waals surface area contributed by atoms with Gasteiger partial charge >= 0.3 is 5.97 Å². The maximum atomic E-state index is 12.5. The second-order valence-corrected chi connectivity index (χ2v) is 8.53. The van der Waals surface area contributed by atoms with Crippen molar-refractivity contribution in [2.24, 2.45) is 11.3 Å². The fraction of sp³-hybridized carbons (Fsp3) is 0.857. The van der Waals surface area contributed by atoms with E-state index >= 15 is 0 Å². The van der Waals surface area contributed by atoms with E-state index in [-0.39, 0.29) is 24.0 Å². The van der Waals surface area contributed by atoms with Crippen molar-refractivity contribution in [3.05, 3.63) is 0 Å². The molecule has 0 aromatic carbocycles. The Morgan fingerprint density at radius 3 is 2.62 bits per heavy atom. The smallest absolute Gasteiger partial charge is 0.311 e. The second-order valence-electron chi connectivity index (χ2n) is 6.30. The molecule has 0 spiro atoms. The lowest BCUT2D eigenvalue weighted by Gasteiger charge is -2.40. The number of carbonyl (C=O) groups is 2. The van der Waals surface area contributed by atoms with Crippen LogP contribution in [0.3, 0.4) is 0 Å². The fourth-order valence-corrected chi connectivity index (χ4v) is 5.26. The zero-order chi connectivity index (χ0) is 15.7. The van der Waals surface area contributed by atoms with Crippen molar-refractivity contribution in [2.75, 3.05) is 24.6 Å². The van der Waals surface area contributed by atoms with Crippen LogP contribution in [0.4, 0.5) is 0 Å². The van der Waals surface area contributed by atoms with Crippen LogP contribution in [0, 0.1) is 11.3 Å². The third-order valence-electron chi connectivity index (χ3n) is 4.65. The average Bonchev–Trinajstić information content (AvgIpc) is 2.78. The molecule has 120 valence electrons. The van der Waals surface area contributed by atoms with Gasteiger partial charge in [0.15, 0.2) is 9.84 Å². The highest BCUT2D eigenvalue weighted by Gasteiger charge is 2.45. The van der Waals surface area contributed by atoms with Crippen LogP contribution in [-0.2, 0) is 19.4 Å². The summed E-state index contributed by atoms with van der Waals surface area (Å²) in [6.07, 6.45) is 2.92. The molecule has 2 atom stereocenters. The Balaban J connectivity index is 2.10. The van der Waals surface area contributed by atoms with Crippen molar-refractivity contribution in [3.8, 4) is 0 Å². The van der Waals surface area contributed by atoms with Gasteiger partial charge < -0.3 is 10.0 Å². The van der Waals surface area contributed by atoms with Crippen LogP contribution >= 0.6 is 0 Å². The molecule has 1 amide bonds. The molecule has 0 saturated carbocycles. The van der Waals surface area contributed by atoms with Crippen LogP contribution in [0.2, 0.25) is 0 Å². The molecule has 0 aliphatic carbocycles. The molecular weight excluding hydrogens is 294 g/mol. The lowest BCUT2D eigenvalue weighted by Crippen LogP contribution is -2.51. The SMILES string of the molecule is CCCC1(C(=O)O)CCCN(C(=O)C2CCS(=O)(=O)C2)C1. The molecule has 0 bridgehead atoms. The first-order valence-electron chi connectivity index (χ1n) is 7.52. The Hall–Kier alpha value is -1.11. The lowest BCUT2D eigenvalue weighted by atomic mass is 9.76. The van der Waals surface area contributed by atoms with E-state index in [0.29, 0.717) is 32.2 Å². The van der Waals surface area contributed by atoms with Gasteiger partial charge in [-0.25, -0.2) is 8.42 Å². The topological polar surface area (TPSA) is 91.8 Å². The number of aliphatic carboxylic acids is 1. The van der Waals surface area contributed by atoms with Gasteiger partial charge in [0.2, 0.25) is 5.91 Å². The minimum absolute atomic E-state index is 0.0658. The monoisotopic (exact) mass is 317 g/mol. The standard InChI is InChI=1S/C14H23NO5S/c1-2-5-14(13(17)18)6-3-7-15(10-14)12(16)11-4-8-21(19,20)9-11/h11H,2-10H2,1H3,(H,17,18). The normalized spacial score (nSPS) is 32.0. The van der Waals surface area contributed by atoms with Crippen molar-refractivity contribution < 1.29 is 23.1 Å². The first kappa shape index (κ1) is 16.3. The second kappa shape index (κ2) is 5.94. The molecule has 21 heavy (non-hydrogen) atoms. The third-order valence-corrected chi connectivity index (χ3v) is 6.42. The fourth-order valence-electron chi connectivity index (χ4n) is 3.53. The van der Waals surface area contributed by atoms with E-state index in [0.717, 1.165) is 6.42 Å². The van der Waals surface area contributed by atoms with Crippen molar-refractivity contribution >= 4 is 21.7 Å². The van der Waals surface area contributed by atoms with Gasteiger partial charge in [0.05, 0.1) is 22.8 Å². The summed E-state index contributed by atoms with van der Waals surface area (Å²) >= 11 is 0. The van der Waals surface area contributed by atoms with Crippen molar-refractivity contribution in [3.63, 3.8) is 0 Å². The number of sulfone groups is 1. The molecule has 2 heterocycles. The molecule has 2 fully saturated rings. The molecule has 6 nitrogen and oxygen atoms in total. The molecule has 7 heteroatoms. The lowest BCUT2D eigenvalue weighted by molar-refractivity contribution is -0.156. The van der Waals surface area contributed by atoms with Crippen molar-refractivity contribution in [1.29, 1.82) is 0 Å². The highest BCUT2D eigenvalue weighted by molar-refractivity contribution is 7.91. The van der Waals surface area contributed by atoms with E-state index < -0.39 is 27.1 Å². The number of nitrogens with zero attached hydrogens (tertiary/aromatic N) is 1. The van der Waals surface area contributed by atoms with E-state index in [1.54, 1.807) is 4.90 Å². The molecular formula is C14H23NO5S. The maximum absolute atomic E-state index is 12.5. The number of rotatable bonds is 4. The van der Waals surface area contributed by atoms with Crippen molar-refractivity contribution in [1.82, 2.24) is 4.90 Å². The van der Waals surface area contributed by atoms with Gasteiger partial charge in [-0.3, -0.25) is 9.59 Å². The van der Waals surface area contributed by atoms with Crippen molar-refractivity contribution in [2.45, 2.75) is 39.0 Å². The van der Waals surface area contributed by atoms with Gasteiger partial charge in [0.25, 0.3) is 0 Å². The number of hydrogen-bond donors (Lipinski definition) is 1. The summed E-state index contributed by atoms with van der Waals surface area (Å²) in [5.41, 5.74) is -0.861. The number of carboxylic acids is 1. The van der Waals surface area contributed by atoms with Gasteiger partial charge in [-0.1, -0.05) is 13.3 Å². The Labute approximate surface area is 125 Å². The number of piperidine rings is 1. The summed E-state index contributed by atoms with van der Waals surface area (Å²) in [5, 5.41) is 9.53. The van der Waals surface area contributed by atoms with Crippen LogP contribution in [0.5, 0.6) is 0 Å². The summed E-state index contributed by atoms with van der Waals surface area (Å²) in [7, 11) is -3.10. The van der Waals surface area contributed by atoms with E-state index in [2.05, 4.69) is 0 Å².